The molecular formula is C8H9N3O3. The third-order valence-electron chi connectivity index (χ3n) is 1.96. The van der Waals surface area contributed by atoms with E-state index in [1.165, 1.54) is 11.3 Å². The summed E-state index contributed by atoms with van der Waals surface area (Å²) in [4.78, 5) is 22.3. The maximum absolute atomic E-state index is 11.4. The van der Waals surface area contributed by atoms with Crippen LogP contribution >= 0.6 is 0 Å². The quantitative estimate of drug-likeness (QED) is 0.661. The van der Waals surface area contributed by atoms with Gasteiger partial charge in [0.25, 0.3) is 5.91 Å². The molecule has 0 bridgehead atoms. The molecule has 1 aliphatic rings. The Morgan fingerprint density at radius 3 is 2.86 bits per heavy atom. The Balaban J connectivity index is 2.26. The zero-order valence-electron chi connectivity index (χ0n) is 7.48. The number of hydrazine groups is 1. The molecule has 2 rings (SSSR count). The number of carbonyl (C=O) groups is 2. The molecule has 2 N–H and O–H groups in total. The van der Waals surface area contributed by atoms with Gasteiger partial charge in [-0.25, -0.2) is 9.80 Å². The van der Waals surface area contributed by atoms with E-state index in [0.29, 0.717) is 5.76 Å². The Hall–Kier alpha value is -1.82. The van der Waals surface area contributed by atoms with Crippen molar-refractivity contribution < 1.29 is 14.0 Å². The van der Waals surface area contributed by atoms with E-state index in [2.05, 4.69) is 10.7 Å². The van der Waals surface area contributed by atoms with Crippen molar-refractivity contribution >= 4 is 11.9 Å². The van der Waals surface area contributed by atoms with Crippen molar-refractivity contribution in [1.82, 2.24) is 15.8 Å². The first kappa shape index (κ1) is 8.76. The fourth-order valence-electron chi connectivity index (χ4n) is 1.38. The Morgan fingerprint density at radius 1 is 1.50 bits per heavy atom. The first-order valence-corrected chi connectivity index (χ1v) is 4.06. The molecule has 1 atom stereocenters. The number of hydrogen-bond acceptors (Lipinski definition) is 4. The summed E-state index contributed by atoms with van der Waals surface area (Å²) in [6.45, 7) is 0. The van der Waals surface area contributed by atoms with Gasteiger partial charge in [0.2, 0.25) is 0 Å². The van der Waals surface area contributed by atoms with Crippen LogP contribution in [0.2, 0.25) is 0 Å². The highest BCUT2D eigenvalue weighted by Gasteiger charge is 2.34. The summed E-state index contributed by atoms with van der Waals surface area (Å²) >= 11 is 0. The van der Waals surface area contributed by atoms with Gasteiger partial charge in [0, 0.05) is 7.05 Å². The predicted octanol–water partition coefficient (Wildman–Crippen LogP) is 0.00690. The lowest BCUT2D eigenvalue weighted by Crippen LogP contribution is -2.58. The van der Waals surface area contributed by atoms with E-state index in [0.717, 1.165) is 0 Å². The van der Waals surface area contributed by atoms with E-state index in [-0.39, 0.29) is 0 Å². The fourth-order valence-corrected chi connectivity index (χ4v) is 1.38. The number of furan rings is 1. The van der Waals surface area contributed by atoms with Gasteiger partial charge in [-0.1, -0.05) is 0 Å². The zero-order valence-corrected chi connectivity index (χ0v) is 7.48. The van der Waals surface area contributed by atoms with Gasteiger partial charge in [-0.05, 0) is 12.1 Å². The van der Waals surface area contributed by atoms with Crippen molar-refractivity contribution in [2.45, 2.75) is 6.04 Å². The molecule has 74 valence electrons. The SMILES string of the molecule is CN1NC(=O)NC(=O)C1c1ccco1. The zero-order chi connectivity index (χ0) is 10.1. The average Bonchev–Trinajstić information content (AvgIpc) is 2.54. The van der Waals surface area contributed by atoms with Gasteiger partial charge >= 0.3 is 6.03 Å². The van der Waals surface area contributed by atoms with Crippen LogP contribution in [0.1, 0.15) is 11.8 Å². The van der Waals surface area contributed by atoms with Gasteiger partial charge in [0.1, 0.15) is 5.76 Å². The second-order valence-corrected chi connectivity index (χ2v) is 2.96. The van der Waals surface area contributed by atoms with Gasteiger partial charge in [-0.2, -0.15) is 0 Å². The number of amides is 3. The molecule has 6 heteroatoms. The summed E-state index contributed by atoms with van der Waals surface area (Å²) in [6, 6.07) is 2.23. The summed E-state index contributed by atoms with van der Waals surface area (Å²) in [7, 11) is 1.60. The molecule has 1 unspecified atom stereocenters. The third kappa shape index (κ3) is 1.35. The summed E-state index contributed by atoms with van der Waals surface area (Å²) < 4.78 is 5.10. The molecule has 0 aliphatic carbocycles. The molecule has 1 fully saturated rings. The lowest BCUT2D eigenvalue weighted by atomic mass is 10.2. The van der Waals surface area contributed by atoms with Gasteiger partial charge in [0.15, 0.2) is 6.04 Å². The topological polar surface area (TPSA) is 74.6 Å². The molecular weight excluding hydrogens is 186 g/mol. The summed E-state index contributed by atoms with van der Waals surface area (Å²) in [6.07, 6.45) is 1.48. The van der Waals surface area contributed by atoms with E-state index in [1.807, 2.05) is 0 Å². The lowest BCUT2D eigenvalue weighted by Gasteiger charge is -2.29. The van der Waals surface area contributed by atoms with Gasteiger partial charge < -0.3 is 4.42 Å². The molecule has 1 saturated heterocycles. The van der Waals surface area contributed by atoms with Crippen LogP contribution in [0.15, 0.2) is 22.8 Å². The van der Waals surface area contributed by atoms with Gasteiger partial charge in [-0.15, -0.1) is 0 Å². The third-order valence-corrected chi connectivity index (χ3v) is 1.96. The molecule has 0 saturated carbocycles. The van der Waals surface area contributed by atoms with E-state index in [1.54, 1.807) is 19.2 Å². The number of nitrogens with zero attached hydrogens (tertiary/aromatic N) is 1. The highest BCUT2D eigenvalue weighted by atomic mass is 16.3. The fraction of sp³-hybridized carbons (Fsp3) is 0.250. The molecule has 6 nitrogen and oxygen atoms in total. The van der Waals surface area contributed by atoms with Gasteiger partial charge in [0.05, 0.1) is 6.26 Å². The summed E-state index contributed by atoms with van der Waals surface area (Å²) in [5, 5.41) is 3.56. The highest BCUT2D eigenvalue weighted by molar-refractivity contribution is 5.99. The Labute approximate surface area is 79.8 Å². The first-order chi connectivity index (χ1) is 6.68. The largest absolute Gasteiger partial charge is 0.467 e. The molecule has 0 aromatic carbocycles. The number of carbonyl (C=O) groups excluding carboxylic acids is 2. The Kier molecular flexibility index (Phi) is 1.97. The van der Waals surface area contributed by atoms with E-state index >= 15 is 0 Å². The van der Waals surface area contributed by atoms with Crippen LogP contribution in [0.4, 0.5) is 4.79 Å². The molecule has 0 radical (unpaired) electrons. The molecule has 1 aromatic rings. The molecule has 2 heterocycles. The van der Waals surface area contributed by atoms with Crippen LogP contribution < -0.4 is 10.7 Å². The minimum Gasteiger partial charge on any atom is -0.467 e. The summed E-state index contributed by atoms with van der Waals surface area (Å²) in [5.74, 6) is 0.0937. The predicted molar refractivity (Wildman–Crippen MR) is 45.9 cm³/mol. The van der Waals surface area contributed by atoms with E-state index in [9.17, 15) is 9.59 Å². The van der Waals surface area contributed by atoms with Crippen LogP contribution in [-0.4, -0.2) is 24.0 Å². The minimum absolute atomic E-state index is 0.397. The lowest BCUT2D eigenvalue weighted by molar-refractivity contribution is -0.128. The van der Waals surface area contributed by atoms with Crippen LogP contribution in [-0.2, 0) is 4.79 Å². The normalized spacial score (nSPS) is 23.1. The van der Waals surface area contributed by atoms with Crippen LogP contribution in [0.3, 0.4) is 0 Å². The molecule has 1 aromatic heterocycles. The summed E-state index contributed by atoms with van der Waals surface area (Å²) in [5.41, 5.74) is 2.45. The number of nitrogens with one attached hydrogen (secondary N) is 2. The maximum atomic E-state index is 11.4. The molecule has 3 amide bonds. The van der Waals surface area contributed by atoms with Crippen LogP contribution in [0, 0.1) is 0 Å². The van der Waals surface area contributed by atoms with Crippen molar-refractivity contribution in [2.24, 2.45) is 0 Å². The Bertz CT molecular complexity index is 360. The first-order valence-electron chi connectivity index (χ1n) is 4.06. The smallest absolute Gasteiger partial charge is 0.336 e. The minimum atomic E-state index is -0.609. The number of hydrogen-bond donors (Lipinski definition) is 2. The number of likely N-dealkylation sites (N-methyl/N-ethyl adjacent to an activating group) is 1. The van der Waals surface area contributed by atoms with Crippen LogP contribution in [0.25, 0.3) is 0 Å². The van der Waals surface area contributed by atoms with Gasteiger partial charge in [-0.3, -0.25) is 15.5 Å². The van der Waals surface area contributed by atoms with E-state index < -0.39 is 18.0 Å². The monoisotopic (exact) mass is 195 g/mol. The van der Waals surface area contributed by atoms with E-state index in [4.69, 9.17) is 4.42 Å². The average molecular weight is 195 g/mol. The second-order valence-electron chi connectivity index (χ2n) is 2.96. The molecule has 14 heavy (non-hydrogen) atoms. The van der Waals surface area contributed by atoms with Crippen molar-refractivity contribution in [2.75, 3.05) is 7.05 Å². The maximum Gasteiger partial charge on any atom is 0.336 e. The van der Waals surface area contributed by atoms with Crippen molar-refractivity contribution in [3.05, 3.63) is 24.2 Å². The van der Waals surface area contributed by atoms with Crippen molar-refractivity contribution in [3.8, 4) is 0 Å². The molecule has 1 aliphatic heterocycles. The van der Waals surface area contributed by atoms with Crippen molar-refractivity contribution in [3.63, 3.8) is 0 Å². The number of urea groups is 1. The molecule has 0 spiro atoms. The Morgan fingerprint density at radius 2 is 2.29 bits per heavy atom. The van der Waals surface area contributed by atoms with Crippen molar-refractivity contribution in [1.29, 1.82) is 0 Å². The highest BCUT2D eigenvalue weighted by Crippen LogP contribution is 2.20. The number of rotatable bonds is 1. The van der Waals surface area contributed by atoms with Crippen LogP contribution in [0.5, 0.6) is 0 Å². The second kappa shape index (κ2) is 3.15. The standard InChI is InChI=1S/C8H9N3O3/c1-11-6(5-3-2-4-14-5)7(12)9-8(13)10-11/h2-4,6H,1H3,(H2,9,10,12,13). The number of imide groups is 1.